The van der Waals surface area contributed by atoms with E-state index in [4.69, 9.17) is 14.0 Å². The van der Waals surface area contributed by atoms with E-state index < -0.39 is 0 Å². The molecule has 0 saturated carbocycles. The quantitative estimate of drug-likeness (QED) is 0.802. The Bertz CT molecular complexity index is 825. The van der Waals surface area contributed by atoms with Crippen molar-refractivity contribution in [2.45, 2.75) is 38.5 Å². The standard InChI is InChI=1S/C20H22N2O4/c23-20(21-9-8-14-4-2-1-3-5-14)12-16-11-18(26-22-16)15-6-7-17-19(10-15)25-13-24-17/h4,6-7,10-11H,1-3,5,8-9,12-13H2,(H,21,23). The minimum Gasteiger partial charge on any atom is -0.454 e. The Labute approximate surface area is 152 Å². The van der Waals surface area contributed by atoms with Crippen LogP contribution in [0.15, 0.2) is 40.4 Å². The summed E-state index contributed by atoms with van der Waals surface area (Å²) in [6.07, 6.45) is 8.35. The van der Waals surface area contributed by atoms with Gasteiger partial charge in [-0.2, -0.15) is 0 Å². The van der Waals surface area contributed by atoms with E-state index in [1.165, 1.54) is 24.8 Å². The van der Waals surface area contributed by atoms with Crippen molar-refractivity contribution in [1.82, 2.24) is 10.5 Å². The molecule has 2 heterocycles. The molecule has 0 radical (unpaired) electrons. The molecular formula is C20H22N2O4. The van der Waals surface area contributed by atoms with Gasteiger partial charge in [0.2, 0.25) is 12.7 Å². The number of allylic oxidation sites excluding steroid dienone is 1. The monoisotopic (exact) mass is 354 g/mol. The van der Waals surface area contributed by atoms with Crippen LogP contribution < -0.4 is 14.8 Å². The second kappa shape index (κ2) is 7.64. The number of carbonyl (C=O) groups is 1. The second-order valence-electron chi connectivity index (χ2n) is 6.64. The van der Waals surface area contributed by atoms with Gasteiger partial charge in [0, 0.05) is 18.2 Å². The van der Waals surface area contributed by atoms with Gasteiger partial charge in [-0.3, -0.25) is 4.79 Å². The van der Waals surface area contributed by atoms with Crippen molar-refractivity contribution in [2.24, 2.45) is 0 Å². The van der Waals surface area contributed by atoms with E-state index in [0.717, 1.165) is 24.2 Å². The van der Waals surface area contributed by atoms with Gasteiger partial charge in [0.15, 0.2) is 17.3 Å². The van der Waals surface area contributed by atoms with Crippen LogP contribution in [0.3, 0.4) is 0 Å². The van der Waals surface area contributed by atoms with Crippen molar-refractivity contribution in [1.29, 1.82) is 0 Å². The van der Waals surface area contributed by atoms with Crippen molar-refractivity contribution in [3.05, 3.63) is 41.6 Å². The normalized spacial score (nSPS) is 15.6. The minimum absolute atomic E-state index is 0.0352. The highest BCUT2D eigenvalue weighted by atomic mass is 16.7. The van der Waals surface area contributed by atoms with Gasteiger partial charge < -0.3 is 19.3 Å². The molecule has 2 aromatic rings. The van der Waals surface area contributed by atoms with E-state index in [2.05, 4.69) is 16.5 Å². The summed E-state index contributed by atoms with van der Waals surface area (Å²) < 4.78 is 16.1. The maximum atomic E-state index is 12.1. The third-order valence-corrected chi connectivity index (χ3v) is 4.71. The van der Waals surface area contributed by atoms with Crippen molar-refractivity contribution in [3.8, 4) is 22.8 Å². The summed E-state index contributed by atoms with van der Waals surface area (Å²) >= 11 is 0. The molecule has 1 aliphatic carbocycles. The fourth-order valence-electron chi connectivity index (χ4n) is 3.30. The van der Waals surface area contributed by atoms with Gasteiger partial charge in [-0.05, 0) is 50.3 Å². The van der Waals surface area contributed by atoms with Crippen LogP contribution in [0.5, 0.6) is 11.5 Å². The highest BCUT2D eigenvalue weighted by Gasteiger charge is 2.16. The molecule has 136 valence electrons. The molecule has 1 N–H and O–H groups in total. The molecule has 0 saturated heterocycles. The maximum Gasteiger partial charge on any atom is 0.231 e. The zero-order valence-electron chi connectivity index (χ0n) is 14.6. The average Bonchev–Trinajstić information content (AvgIpc) is 3.31. The molecule has 1 aliphatic heterocycles. The van der Waals surface area contributed by atoms with Crippen molar-refractivity contribution < 1.29 is 18.8 Å². The van der Waals surface area contributed by atoms with E-state index >= 15 is 0 Å². The van der Waals surface area contributed by atoms with Crippen LogP contribution in [0.25, 0.3) is 11.3 Å². The molecule has 0 atom stereocenters. The van der Waals surface area contributed by atoms with E-state index in [1.54, 1.807) is 6.07 Å². The Hall–Kier alpha value is -2.76. The fraction of sp³-hybridized carbons (Fsp3) is 0.400. The maximum absolute atomic E-state index is 12.1. The second-order valence-corrected chi connectivity index (χ2v) is 6.64. The summed E-state index contributed by atoms with van der Waals surface area (Å²) in [4.78, 5) is 12.1. The van der Waals surface area contributed by atoms with Gasteiger partial charge in [-0.15, -0.1) is 0 Å². The highest BCUT2D eigenvalue weighted by molar-refractivity contribution is 5.78. The lowest BCUT2D eigenvalue weighted by molar-refractivity contribution is -0.120. The Morgan fingerprint density at radius 2 is 2.08 bits per heavy atom. The Morgan fingerprint density at radius 3 is 2.96 bits per heavy atom. The number of rotatable bonds is 6. The number of hydrogen-bond acceptors (Lipinski definition) is 5. The molecule has 0 spiro atoms. The van der Waals surface area contributed by atoms with Crippen LogP contribution in [0, 0.1) is 0 Å². The number of amides is 1. The molecule has 0 bridgehead atoms. The molecule has 6 heteroatoms. The molecule has 0 unspecified atom stereocenters. The SMILES string of the molecule is O=C(Cc1cc(-c2ccc3c(c2)OCO3)on1)NCCC1=CCCCC1. The zero-order valence-corrected chi connectivity index (χ0v) is 14.6. The van der Waals surface area contributed by atoms with Crippen LogP contribution in [-0.4, -0.2) is 24.4 Å². The van der Waals surface area contributed by atoms with Gasteiger partial charge in [0.1, 0.15) is 0 Å². The summed E-state index contributed by atoms with van der Waals surface area (Å²) in [5.74, 6) is 1.99. The highest BCUT2D eigenvalue weighted by Crippen LogP contribution is 2.36. The number of benzene rings is 1. The van der Waals surface area contributed by atoms with Crippen LogP contribution in [0.2, 0.25) is 0 Å². The first-order chi connectivity index (χ1) is 12.8. The van der Waals surface area contributed by atoms with E-state index in [9.17, 15) is 4.79 Å². The Kier molecular flexibility index (Phi) is 4.91. The number of aromatic nitrogens is 1. The van der Waals surface area contributed by atoms with Crippen molar-refractivity contribution in [2.75, 3.05) is 13.3 Å². The average molecular weight is 354 g/mol. The topological polar surface area (TPSA) is 73.6 Å². The van der Waals surface area contributed by atoms with E-state index in [1.807, 2.05) is 18.2 Å². The molecule has 26 heavy (non-hydrogen) atoms. The third-order valence-electron chi connectivity index (χ3n) is 4.71. The van der Waals surface area contributed by atoms with Crippen LogP contribution >= 0.6 is 0 Å². The van der Waals surface area contributed by atoms with Gasteiger partial charge in [-0.1, -0.05) is 16.8 Å². The molecule has 6 nitrogen and oxygen atoms in total. The minimum atomic E-state index is -0.0352. The Balaban J connectivity index is 1.30. The summed E-state index contributed by atoms with van der Waals surface area (Å²) in [6, 6.07) is 7.37. The van der Waals surface area contributed by atoms with Crippen LogP contribution in [-0.2, 0) is 11.2 Å². The lowest BCUT2D eigenvalue weighted by Crippen LogP contribution is -2.26. The number of nitrogens with zero attached hydrogens (tertiary/aromatic N) is 1. The third kappa shape index (κ3) is 3.90. The van der Waals surface area contributed by atoms with Gasteiger partial charge in [0.05, 0.1) is 12.1 Å². The van der Waals surface area contributed by atoms with Crippen molar-refractivity contribution >= 4 is 5.91 Å². The first-order valence-electron chi connectivity index (χ1n) is 9.08. The molecule has 2 aliphatic rings. The largest absolute Gasteiger partial charge is 0.454 e. The molecular weight excluding hydrogens is 332 g/mol. The van der Waals surface area contributed by atoms with E-state index in [0.29, 0.717) is 23.7 Å². The van der Waals surface area contributed by atoms with Crippen LogP contribution in [0.4, 0.5) is 0 Å². The summed E-state index contributed by atoms with van der Waals surface area (Å²) in [5, 5.41) is 6.97. The lowest BCUT2D eigenvalue weighted by atomic mass is 9.97. The van der Waals surface area contributed by atoms with Crippen LogP contribution in [0.1, 0.15) is 37.8 Å². The number of hydrogen-bond donors (Lipinski definition) is 1. The summed E-state index contributed by atoms with van der Waals surface area (Å²) in [5.41, 5.74) is 2.92. The number of ether oxygens (including phenoxy) is 2. The first-order valence-corrected chi connectivity index (χ1v) is 9.08. The first kappa shape index (κ1) is 16.7. The van der Waals surface area contributed by atoms with Gasteiger partial charge >= 0.3 is 0 Å². The lowest BCUT2D eigenvalue weighted by Gasteiger charge is -2.12. The molecule has 4 rings (SSSR count). The smallest absolute Gasteiger partial charge is 0.231 e. The Morgan fingerprint density at radius 1 is 1.15 bits per heavy atom. The molecule has 1 aromatic carbocycles. The summed E-state index contributed by atoms with van der Waals surface area (Å²) in [7, 11) is 0. The molecule has 0 fully saturated rings. The fourth-order valence-corrected chi connectivity index (χ4v) is 3.30. The van der Waals surface area contributed by atoms with Gasteiger partial charge in [-0.25, -0.2) is 0 Å². The molecule has 1 aromatic heterocycles. The number of carbonyl (C=O) groups excluding carboxylic acids is 1. The van der Waals surface area contributed by atoms with Crippen molar-refractivity contribution in [3.63, 3.8) is 0 Å². The number of fused-ring (bicyclic) bond motifs is 1. The predicted molar refractivity (Wildman–Crippen MR) is 95.9 cm³/mol. The van der Waals surface area contributed by atoms with E-state index in [-0.39, 0.29) is 19.1 Å². The summed E-state index contributed by atoms with van der Waals surface area (Å²) in [6.45, 7) is 0.912. The zero-order chi connectivity index (χ0) is 17.8. The number of nitrogens with one attached hydrogen (secondary N) is 1. The molecule has 1 amide bonds. The van der Waals surface area contributed by atoms with Gasteiger partial charge in [0.25, 0.3) is 0 Å². The predicted octanol–water partition coefficient (Wildman–Crippen LogP) is 3.62.